The number of carboxylic acids is 2. The molecule has 0 heterocycles. The van der Waals surface area contributed by atoms with Gasteiger partial charge in [-0.3, -0.25) is 43.2 Å². The number of aliphatic carboxylic acids is 2. The number of carboxylic acid groups (broad SMARTS) is 2. The highest BCUT2D eigenvalue weighted by Crippen LogP contribution is 2.07. The lowest BCUT2D eigenvalue weighted by molar-refractivity contribution is -0.139. The number of amides is 6. The van der Waals surface area contributed by atoms with Gasteiger partial charge in [-0.25, -0.2) is 0 Å². The fourth-order valence-electron chi connectivity index (χ4n) is 3.35. The zero-order valence-corrected chi connectivity index (χ0v) is 22.2. The number of rotatable bonds is 20. The van der Waals surface area contributed by atoms with Crippen molar-refractivity contribution in [1.82, 2.24) is 21.3 Å². The third kappa shape index (κ3) is 15.6. The fourth-order valence-corrected chi connectivity index (χ4v) is 3.35. The van der Waals surface area contributed by atoms with Crippen molar-refractivity contribution in [2.24, 2.45) is 11.5 Å². The van der Waals surface area contributed by atoms with Crippen molar-refractivity contribution in [3.8, 4) is 0 Å². The summed E-state index contributed by atoms with van der Waals surface area (Å²) >= 11 is 0. The lowest BCUT2D eigenvalue weighted by Crippen LogP contribution is -2.57. The van der Waals surface area contributed by atoms with Crippen LogP contribution in [0.25, 0.3) is 0 Å². The van der Waals surface area contributed by atoms with Crippen LogP contribution in [0, 0.1) is 0 Å². The smallest absolute Gasteiger partial charge is 0.303 e. The predicted molar refractivity (Wildman–Crippen MR) is 135 cm³/mol. The number of carbonyl (C=O) groups excluding carboxylic acids is 7. The van der Waals surface area contributed by atoms with Crippen molar-refractivity contribution in [3.63, 3.8) is 0 Å². The molecule has 6 amide bonds. The van der Waals surface area contributed by atoms with Gasteiger partial charge in [0.15, 0.2) is 5.78 Å². The highest BCUT2D eigenvalue weighted by atomic mass is 16.4. The van der Waals surface area contributed by atoms with Crippen LogP contribution in [0.3, 0.4) is 0 Å². The number of nitrogens with one attached hydrogen (secondary N) is 4. The van der Waals surface area contributed by atoms with Crippen molar-refractivity contribution in [1.29, 1.82) is 0 Å². The van der Waals surface area contributed by atoms with E-state index < -0.39 is 96.6 Å². The quantitative estimate of drug-likeness (QED) is 0.0718. The second-order valence-electron chi connectivity index (χ2n) is 8.92. The van der Waals surface area contributed by atoms with Gasteiger partial charge in [0, 0.05) is 32.6 Å². The van der Waals surface area contributed by atoms with Gasteiger partial charge >= 0.3 is 11.9 Å². The van der Waals surface area contributed by atoms with Crippen molar-refractivity contribution in [3.05, 3.63) is 0 Å². The Morgan fingerprint density at radius 3 is 1.12 bits per heavy atom. The molecule has 0 aliphatic rings. The summed E-state index contributed by atoms with van der Waals surface area (Å²) in [5.74, 6) is -8.27. The molecule has 10 N–H and O–H groups in total. The Morgan fingerprint density at radius 2 is 0.825 bits per heavy atom. The standard InChI is InChI=1S/C23H36N6O11/c1-11(30)13(5-9-19(34)35)27-22(39)15(4-8-18(25)33)28-23(40)16(6-10-20(36)37)29-21(38)14(26-12(2)31)3-7-17(24)32/h13-16H,3-10H2,1-2H3,(H2,24,32)(H2,25,33)(H,26,31)(H,27,39)(H,28,40)(H,29,38)(H,34,35)(H,36,37)/t13-,14-,15-,16-/m0/s1. The lowest BCUT2D eigenvalue weighted by atomic mass is 10.0. The lowest BCUT2D eigenvalue weighted by Gasteiger charge is -2.26. The Morgan fingerprint density at radius 1 is 0.525 bits per heavy atom. The largest absolute Gasteiger partial charge is 0.481 e. The highest BCUT2D eigenvalue weighted by Gasteiger charge is 2.31. The molecule has 0 spiro atoms. The molecule has 0 aromatic rings. The molecule has 0 radical (unpaired) electrons. The van der Waals surface area contributed by atoms with Crippen LogP contribution < -0.4 is 32.7 Å². The Hall–Kier alpha value is -4.57. The summed E-state index contributed by atoms with van der Waals surface area (Å²) in [6.07, 6.45) is -2.99. The number of Topliss-reactive ketones (excluding diaryl/α,β-unsaturated/α-hetero) is 1. The second kappa shape index (κ2) is 17.8. The number of hydrogen-bond donors (Lipinski definition) is 8. The van der Waals surface area contributed by atoms with Crippen molar-refractivity contribution in [2.45, 2.75) is 89.4 Å². The topological polar surface area (TPSA) is 294 Å². The minimum Gasteiger partial charge on any atom is -0.481 e. The highest BCUT2D eigenvalue weighted by molar-refractivity contribution is 5.96. The van der Waals surface area contributed by atoms with Crippen LogP contribution in [0.5, 0.6) is 0 Å². The van der Waals surface area contributed by atoms with Gasteiger partial charge in [0.2, 0.25) is 35.4 Å². The van der Waals surface area contributed by atoms with E-state index in [0.29, 0.717) is 0 Å². The molecule has 0 aliphatic carbocycles. The molecule has 0 aromatic carbocycles. The summed E-state index contributed by atoms with van der Waals surface area (Å²) in [6.45, 7) is 2.22. The van der Waals surface area contributed by atoms with Crippen LogP contribution in [-0.2, 0) is 43.2 Å². The van der Waals surface area contributed by atoms with Gasteiger partial charge in [0.05, 0.1) is 6.04 Å². The van der Waals surface area contributed by atoms with E-state index in [9.17, 15) is 43.2 Å². The molecule has 17 heteroatoms. The van der Waals surface area contributed by atoms with Crippen molar-refractivity contribution in [2.75, 3.05) is 0 Å². The maximum atomic E-state index is 13.1. The summed E-state index contributed by atoms with van der Waals surface area (Å²) in [4.78, 5) is 107. The zero-order valence-electron chi connectivity index (χ0n) is 22.2. The first-order chi connectivity index (χ1) is 18.5. The maximum Gasteiger partial charge on any atom is 0.303 e. The van der Waals surface area contributed by atoms with Gasteiger partial charge in [0.25, 0.3) is 0 Å². The molecular formula is C23H36N6O11. The molecule has 0 bridgehead atoms. The summed E-state index contributed by atoms with van der Waals surface area (Å²) < 4.78 is 0. The molecule has 0 aliphatic heterocycles. The molecule has 0 fully saturated rings. The third-order valence-electron chi connectivity index (χ3n) is 5.42. The van der Waals surface area contributed by atoms with E-state index in [2.05, 4.69) is 21.3 Å². The maximum absolute atomic E-state index is 13.1. The third-order valence-corrected chi connectivity index (χ3v) is 5.42. The number of primary amides is 2. The van der Waals surface area contributed by atoms with Gasteiger partial charge in [-0.05, 0) is 32.6 Å². The molecule has 0 saturated heterocycles. The number of hydrogen-bond acceptors (Lipinski definition) is 9. The van der Waals surface area contributed by atoms with Crippen LogP contribution in [0.2, 0.25) is 0 Å². The average Bonchev–Trinajstić information content (AvgIpc) is 2.83. The van der Waals surface area contributed by atoms with E-state index >= 15 is 0 Å². The summed E-state index contributed by atoms with van der Waals surface area (Å²) in [5, 5.41) is 27.1. The van der Waals surface area contributed by atoms with Crippen molar-refractivity contribution < 1.29 is 53.4 Å². The molecule has 4 atom stereocenters. The minimum atomic E-state index is -1.55. The van der Waals surface area contributed by atoms with E-state index in [-0.39, 0.29) is 32.1 Å². The van der Waals surface area contributed by atoms with Gasteiger partial charge in [0.1, 0.15) is 18.1 Å². The van der Waals surface area contributed by atoms with Crippen molar-refractivity contribution >= 4 is 53.2 Å². The van der Waals surface area contributed by atoms with Crippen LogP contribution >= 0.6 is 0 Å². The van der Waals surface area contributed by atoms with Crippen LogP contribution in [0.15, 0.2) is 0 Å². The Balaban J connectivity index is 5.88. The minimum absolute atomic E-state index is 0.222. The molecule has 0 aromatic heterocycles. The molecule has 0 saturated carbocycles. The first kappa shape index (κ1) is 35.4. The van der Waals surface area contributed by atoms with Gasteiger partial charge in [-0.15, -0.1) is 0 Å². The number of carbonyl (C=O) groups is 9. The van der Waals surface area contributed by atoms with E-state index in [0.717, 1.165) is 13.8 Å². The fraction of sp³-hybridized carbons (Fsp3) is 0.609. The number of ketones is 1. The Bertz CT molecular complexity index is 1000. The van der Waals surface area contributed by atoms with Gasteiger partial charge < -0.3 is 42.9 Å². The summed E-state index contributed by atoms with van der Waals surface area (Å²) in [5.41, 5.74) is 10.2. The molecule has 17 nitrogen and oxygen atoms in total. The molecule has 224 valence electrons. The van der Waals surface area contributed by atoms with Gasteiger partial charge in [-0.2, -0.15) is 0 Å². The van der Waals surface area contributed by atoms with Crippen LogP contribution in [0.4, 0.5) is 0 Å². The normalized spacial score (nSPS) is 13.4. The molecule has 0 rings (SSSR count). The first-order valence-electron chi connectivity index (χ1n) is 12.2. The van der Waals surface area contributed by atoms with Crippen LogP contribution in [-0.4, -0.2) is 87.5 Å². The second-order valence-corrected chi connectivity index (χ2v) is 8.92. The Labute approximate surface area is 229 Å². The average molecular weight is 573 g/mol. The molecular weight excluding hydrogens is 536 g/mol. The Kier molecular flexibility index (Phi) is 15.8. The predicted octanol–water partition coefficient (Wildman–Crippen LogP) is -3.20. The SMILES string of the molecule is CC(=O)N[C@@H](CCC(N)=O)C(=O)N[C@@H](CCC(=O)O)C(=O)N[C@@H](CCC(N)=O)C(=O)N[C@@H](CCC(=O)O)C(C)=O. The van der Waals surface area contributed by atoms with Crippen LogP contribution in [0.1, 0.15) is 65.2 Å². The van der Waals surface area contributed by atoms with E-state index in [4.69, 9.17) is 21.7 Å². The zero-order chi connectivity index (χ0) is 31.0. The molecule has 40 heavy (non-hydrogen) atoms. The molecule has 0 unspecified atom stereocenters. The summed E-state index contributed by atoms with van der Waals surface area (Å²) in [6, 6.07) is -5.56. The first-order valence-corrected chi connectivity index (χ1v) is 12.2. The number of nitrogens with two attached hydrogens (primary N) is 2. The summed E-state index contributed by atoms with van der Waals surface area (Å²) in [7, 11) is 0. The van der Waals surface area contributed by atoms with E-state index in [1.54, 1.807) is 0 Å². The monoisotopic (exact) mass is 572 g/mol. The van der Waals surface area contributed by atoms with Gasteiger partial charge in [-0.1, -0.05) is 0 Å². The van der Waals surface area contributed by atoms with E-state index in [1.165, 1.54) is 0 Å². The van der Waals surface area contributed by atoms with E-state index in [1.807, 2.05) is 0 Å².